The summed E-state index contributed by atoms with van der Waals surface area (Å²) in [5, 5.41) is 12.6. The van der Waals surface area contributed by atoms with Crippen LogP contribution in [0.3, 0.4) is 0 Å². The number of likely N-dealkylation sites (tertiary alicyclic amines) is 1. The van der Waals surface area contributed by atoms with Gasteiger partial charge in [0, 0.05) is 25.2 Å². The van der Waals surface area contributed by atoms with Crippen LogP contribution in [-0.4, -0.2) is 48.3 Å². The summed E-state index contributed by atoms with van der Waals surface area (Å²) in [5.41, 5.74) is 0. The lowest BCUT2D eigenvalue weighted by Crippen LogP contribution is -2.44. The second-order valence-corrected chi connectivity index (χ2v) is 5.82. The summed E-state index contributed by atoms with van der Waals surface area (Å²) in [6.45, 7) is 10.5. The van der Waals surface area contributed by atoms with Crippen LogP contribution in [0.15, 0.2) is 0 Å². The fraction of sp³-hybridized carbons (Fsp3) is 1.00. The van der Waals surface area contributed by atoms with Crippen molar-refractivity contribution in [2.75, 3.05) is 26.2 Å². The van der Waals surface area contributed by atoms with Gasteiger partial charge in [0.1, 0.15) is 0 Å². The van der Waals surface area contributed by atoms with Gasteiger partial charge in [-0.25, -0.2) is 0 Å². The van der Waals surface area contributed by atoms with Crippen molar-refractivity contribution in [1.82, 2.24) is 10.2 Å². The summed E-state index contributed by atoms with van der Waals surface area (Å²) in [6.07, 6.45) is 4.88. The lowest BCUT2D eigenvalue weighted by molar-refractivity contribution is 0.104. The molecule has 0 aromatic carbocycles. The minimum absolute atomic E-state index is 0.333. The fourth-order valence-corrected chi connectivity index (χ4v) is 2.68. The van der Waals surface area contributed by atoms with E-state index in [1.165, 1.54) is 32.4 Å². The van der Waals surface area contributed by atoms with Crippen molar-refractivity contribution in [3.63, 3.8) is 0 Å². The zero-order valence-electron chi connectivity index (χ0n) is 11.8. The predicted molar refractivity (Wildman–Crippen MR) is 73.2 cm³/mol. The van der Waals surface area contributed by atoms with Gasteiger partial charge in [0.05, 0.1) is 0 Å². The smallest absolute Gasteiger partial charge is 0.0445 e. The van der Waals surface area contributed by atoms with Crippen molar-refractivity contribution in [2.24, 2.45) is 5.92 Å². The van der Waals surface area contributed by atoms with Crippen molar-refractivity contribution in [1.29, 1.82) is 0 Å². The molecular weight excluding hydrogens is 212 g/mol. The fourth-order valence-electron chi connectivity index (χ4n) is 2.68. The van der Waals surface area contributed by atoms with Crippen molar-refractivity contribution in [3.05, 3.63) is 0 Å². The Morgan fingerprint density at radius 1 is 1.29 bits per heavy atom. The highest BCUT2D eigenvalue weighted by atomic mass is 16.3. The molecule has 0 spiro atoms. The van der Waals surface area contributed by atoms with Crippen LogP contribution in [0.25, 0.3) is 0 Å². The van der Waals surface area contributed by atoms with Gasteiger partial charge in [-0.1, -0.05) is 27.2 Å². The summed E-state index contributed by atoms with van der Waals surface area (Å²) in [7, 11) is 0. The predicted octanol–water partition coefficient (Wildman–Crippen LogP) is 1.86. The maximum absolute atomic E-state index is 9.11. The lowest BCUT2D eigenvalue weighted by atomic mass is 9.98. The van der Waals surface area contributed by atoms with E-state index < -0.39 is 0 Å². The van der Waals surface area contributed by atoms with Crippen molar-refractivity contribution < 1.29 is 5.11 Å². The van der Waals surface area contributed by atoms with Crippen molar-refractivity contribution >= 4 is 0 Å². The SMILES string of the molecule is CC(CNC(C)C)CN1CCCCC1CCO. The first-order valence-electron chi connectivity index (χ1n) is 7.21. The number of aliphatic hydroxyl groups is 1. The van der Waals surface area contributed by atoms with E-state index in [2.05, 4.69) is 31.0 Å². The third-order valence-corrected chi connectivity index (χ3v) is 3.63. The number of hydrogen-bond donors (Lipinski definition) is 2. The quantitative estimate of drug-likeness (QED) is 0.715. The van der Waals surface area contributed by atoms with E-state index in [1.807, 2.05) is 0 Å². The monoisotopic (exact) mass is 242 g/mol. The average Bonchev–Trinajstić information content (AvgIpc) is 2.29. The number of aliphatic hydroxyl groups excluding tert-OH is 1. The van der Waals surface area contributed by atoms with Gasteiger partial charge in [-0.15, -0.1) is 0 Å². The second-order valence-electron chi connectivity index (χ2n) is 5.82. The molecule has 102 valence electrons. The minimum atomic E-state index is 0.333. The normalized spacial score (nSPS) is 24.2. The molecule has 1 saturated heterocycles. The molecule has 0 aromatic heterocycles. The van der Waals surface area contributed by atoms with Gasteiger partial charge < -0.3 is 10.4 Å². The average molecular weight is 242 g/mol. The standard InChI is InChI=1S/C14H30N2O/c1-12(2)15-10-13(3)11-16-8-5-4-6-14(16)7-9-17/h12-15,17H,4-11H2,1-3H3. The molecule has 1 heterocycles. The molecule has 3 heteroatoms. The molecule has 0 bridgehead atoms. The first kappa shape index (κ1) is 14.9. The van der Waals surface area contributed by atoms with Crippen LogP contribution in [-0.2, 0) is 0 Å². The Kier molecular flexibility index (Phi) is 7.09. The summed E-state index contributed by atoms with van der Waals surface area (Å²) in [5.74, 6) is 0.691. The highest BCUT2D eigenvalue weighted by Crippen LogP contribution is 2.20. The third-order valence-electron chi connectivity index (χ3n) is 3.63. The van der Waals surface area contributed by atoms with E-state index in [4.69, 9.17) is 5.11 Å². The molecule has 0 radical (unpaired) electrons. The summed E-state index contributed by atoms with van der Waals surface area (Å²) >= 11 is 0. The van der Waals surface area contributed by atoms with E-state index in [1.54, 1.807) is 0 Å². The molecule has 2 atom stereocenters. The van der Waals surface area contributed by atoms with Crippen LogP contribution in [0.4, 0.5) is 0 Å². The topological polar surface area (TPSA) is 35.5 Å². The molecule has 1 fully saturated rings. The van der Waals surface area contributed by atoms with Gasteiger partial charge in [0.2, 0.25) is 0 Å². The van der Waals surface area contributed by atoms with Gasteiger partial charge in [0.25, 0.3) is 0 Å². The van der Waals surface area contributed by atoms with Crippen LogP contribution < -0.4 is 5.32 Å². The number of nitrogens with zero attached hydrogens (tertiary/aromatic N) is 1. The van der Waals surface area contributed by atoms with Gasteiger partial charge >= 0.3 is 0 Å². The van der Waals surface area contributed by atoms with Crippen LogP contribution in [0.1, 0.15) is 46.5 Å². The van der Waals surface area contributed by atoms with E-state index >= 15 is 0 Å². The van der Waals surface area contributed by atoms with E-state index in [-0.39, 0.29) is 0 Å². The Morgan fingerprint density at radius 3 is 2.71 bits per heavy atom. The summed E-state index contributed by atoms with van der Waals surface area (Å²) in [4.78, 5) is 2.59. The Hall–Kier alpha value is -0.120. The molecule has 1 aliphatic heterocycles. The molecule has 3 nitrogen and oxygen atoms in total. The molecule has 0 amide bonds. The molecule has 1 aliphatic rings. The summed E-state index contributed by atoms with van der Waals surface area (Å²) in [6, 6.07) is 1.20. The lowest BCUT2D eigenvalue weighted by Gasteiger charge is -2.37. The summed E-state index contributed by atoms with van der Waals surface area (Å²) < 4.78 is 0. The number of piperidine rings is 1. The van der Waals surface area contributed by atoms with Crippen molar-refractivity contribution in [3.8, 4) is 0 Å². The maximum atomic E-state index is 9.11. The van der Waals surface area contributed by atoms with Gasteiger partial charge in [-0.05, 0) is 38.3 Å². The van der Waals surface area contributed by atoms with E-state index in [9.17, 15) is 0 Å². The molecule has 1 rings (SSSR count). The van der Waals surface area contributed by atoms with Crippen molar-refractivity contribution in [2.45, 2.75) is 58.5 Å². The number of nitrogens with one attached hydrogen (secondary N) is 1. The van der Waals surface area contributed by atoms with Crippen LogP contribution in [0, 0.1) is 5.92 Å². The maximum Gasteiger partial charge on any atom is 0.0445 e. The number of hydrogen-bond acceptors (Lipinski definition) is 3. The second kappa shape index (κ2) is 8.06. The molecule has 0 aliphatic carbocycles. The Labute approximate surface area is 107 Å². The van der Waals surface area contributed by atoms with Gasteiger partial charge in [-0.2, -0.15) is 0 Å². The minimum Gasteiger partial charge on any atom is -0.396 e. The Bertz CT molecular complexity index is 195. The zero-order valence-corrected chi connectivity index (χ0v) is 11.8. The Balaban J connectivity index is 2.30. The van der Waals surface area contributed by atoms with E-state index in [0.29, 0.717) is 24.6 Å². The Morgan fingerprint density at radius 2 is 2.06 bits per heavy atom. The molecule has 17 heavy (non-hydrogen) atoms. The highest BCUT2D eigenvalue weighted by molar-refractivity contribution is 4.78. The van der Waals surface area contributed by atoms with Gasteiger partial charge in [-0.3, -0.25) is 4.90 Å². The molecule has 2 N–H and O–H groups in total. The van der Waals surface area contributed by atoms with Crippen LogP contribution >= 0.6 is 0 Å². The molecule has 0 aromatic rings. The van der Waals surface area contributed by atoms with Crippen LogP contribution in [0.2, 0.25) is 0 Å². The zero-order chi connectivity index (χ0) is 12.7. The molecular formula is C14H30N2O. The van der Waals surface area contributed by atoms with Crippen LogP contribution in [0.5, 0.6) is 0 Å². The first-order chi connectivity index (χ1) is 8.13. The highest BCUT2D eigenvalue weighted by Gasteiger charge is 2.22. The molecule has 2 unspecified atom stereocenters. The third kappa shape index (κ3) is 5.84. The number of rotatable bonds is 7. The largest absolute Gasteiger partial charge is 0.396 e. The molecule has 0 saturated carbocycles. The first-order valence-corrected chi connectivity index (χ1v) is 7.21. The van der Waals surface area contributed by atoms with Gasteiger partial charge in [0.15, 0.2) is 0 Å². The van der Waals surface area contributed by atoms with E-state index in [0.717, 1.165) is 13.0 Å².